The predicted molar refractivity (Wildman–Crippen MR) is 80.3 cm³/mol. The first-order chi connectivity index (χ1) is 9.56. The fraction of sp³-hybridized carbons (Fsp3) is 0.214. The zero-order chi connectivity index (χ0) is 14.5. The van der Waals surface area contributed by atoms with Crippen LogP contribution in [0.3, 0.4) is 0 Å². The van der Waals surface area contributed by atoms with Crippen molar-refractivity contribution in [1.29, 1.82) is 0 Å². The van der Waals surface area contributed by atoms with E-state index in [2.05, 4.69) is 21.2 Å². The second-order valence-electron chi connectivity index (χ2n) is 4.32. The predicted octanol–water partition coefficient (Wildman–Crippen LogP) is 3.96. The molecule has 0 aliphatic rings. The molecule has 0 radical (unpaired) electrons. The number of benzene rings is 1. The van der Waals surface area contributed by atoms with E-state index in [9.17, 15) is 9.18 Å². The van der Waals surface area contributed by atoms with Gasteiger partial charge in [-0.05, 0) is 40.6 Å². The molecule has 0 aliphatic carbocycles. The van der Waals surface area contributed by atoms with Gasteiger partial charge < -0.3 is 10.4 Å². The minimum absolute atomic E-state index is 0.0354. The van der Waals surface area contributed by atoms with Crippen LogP contribution >= 0.6 is 27.3 Å². The quantitative estimate of drug-likeness (QED) is 0.822. The highest BCUT2D eigenvalue weighted by Gasteiger charge is 2.16. The third kappa shape index (κ3) is 4.13. The topological polar surface area (TPSA) is 49.3 Å². The average Bonchev–Trinajstić information content (AvgIpc) is 2.91. The average molecular weight is 358 g/mol. The Kier molecular flexibility index (Phi) is 5.28. The van der Waals surface area contributed by atoms with Crippen molar-refractivity contribution in [1.82, 2.24) is 5.32 Å². The Labute approximate surface area is 128 Å². The van der Waals surface area contributed by atoms with Gasteiger partial charge in [-0.3, -0.25) is 4.79 Å². The molecule has 0 bridgehead atoms. The summed E-state index contributed by atoms with van der Waals surface area (Å²) in [7, 11) is 0. The van der Waals surface area contributed by atoms with Crippen molar-refractivity contribution in [3.8, 4) is 0 Å². The van der Waals surface area contributed by atoms with E-state index in [1.807, 2.05) is 16.8 Å². The third-order valence-corrected chi connectivity index (χ3v) is 4.07. The Bertz CT molecular complexity index is 589. The molecule has 3 nitrogen and oxygen atoms in total. The number of thiophene rings is 1. The largest absolute Gasteiger partial charge is 0.481 e. The maximum Gasteiger partial charge on any atom is 0.305 e. The number of hydrogen-bond acceptors (Lipinski definition) is 3. The summed E-state index contributed by atoms with van der Waals surface area (Å²) in [5, 5.41) is 15.9. The van der Waals surface area contributed by atoms with Crippen LogP contribution in [0.25, 0.3) is 0 Å². The fourth-order valence-corrected chi connectivity index (χ4v) is 2.99. The Balaban J connectivity index is 2.08. The number of carboxylic acid groups (broad SMARTS) is 1. The van der Waals surface area contributed by atoms with Crippen LogP contribution in [-0.2, 0) is 11.3 Å². The number of rotatable bonds is 6. The van der Waals surface area contributed by atoms with Crippen LogP contribution in [0, 0.1) is 5.82 Å². The Hall–Kier alpha value is -1.24. The lowest BCUT2D eigenvalue weighted by molar-refractivity contribution is -0.137. The van der Waals surface area contributed by atoms with Crippen molar-refractivity contribution in [2.24, 2.45) is 0 Å². The lowest BCUT2D eigenvalue weighted by atomic mass is 10.1. The SMILES string of the molecule is O=C(O)CC(NCc1cc(Br)ccc1F)c1ccsc1. The molecule has 2 aromatic rings. The van der Waals surface area contributed by atoms with Crippen LogP contribution < -0.4 is 5.32 Å². The molecule has 2 rings (SSSR count). The van der Waals surface area contributed by atoms with Crippen molar-refractivity contribution >= 4 is 33.2 Å². The molecule has 0 aliphatic heterocycles. The van der Waals surface area contributed by atoms with E-state index >= 15 is 0 Å². The van der Waals surface area contributed by atoms with Gasteiger partial charge >= 0.3 is 5.97 Å². The molecule has 1 unspecified atom stereocenters. The number of halogens is 2. The van der Waals surface area contributed by atoms with E-state index in [-0.39, 0.29) is 24.8 Å². The van der Waals surface area contributed by atoms with Gasteiger partial charge in [0.25, 0.3) is 0 Å². The summed E-state index contributed by atoms with van der Waals surface area (Å²) in [6.45, 7) is 0.277. The summed E-state index contributed by atoms with van der Waals surface area (Å²) in [4.78, 5) is 10.9. The molecule has 106 valence electrons. The highest BCUT2D eigenvalue weighted by molar-refractivity contribution is 9.10. The highest BCUT2D eigenvalue weighted by Crippen LogP contribution is 2.21. The lowest BCUT2D eigenvalue weighted by Crippen LogP contribution is -2.23. The van der Waals surface area contributed by atoms with Crippen LogP contribution in [0.2, 0.25) is 0 Å². The van der Waals surface area contributed by atoms with E-state index in [1.165, 1.54) is 17.4 Å². The summed E-state index contributed by atoms with van der Waals surface area (Å²) in [5.74, 6) is -1.19. The number of aliphatic carboxylic acids is 1. The maximum absolute atomic E-state index is 13.6. The molecule has 1 aromatic carbocycles. The van der Waals surface area contributed by atoms with Gasteiger partial charge in [0.2, 0.25) is 0 Å². The van der Waals surface area contributed by atoms with Crippen LogP contribution in [-0.4, -0.2) is 11.1 Å². The molecule has 0 saturated carbocycles. The standard InChI is InChI=1S/C14H13BrFNO2S/c15-11-1-2-12(16)10(5-11)7-17-13(6-14(18)19)9-3-4-20-8-9/h1-5,8,13,17H,6-7H2,(H,18,19). The van der Waals surface area contributed by atoms with Crippen LogP contribution in [0.1, 0.15) is 23.6 Å². The molecule has 0 amide bonds. The van der Waals surface area contributed by atoms with E-state index in [0.717, 1.165) is 10.0 Å². The van der Waals surface area contributed by atoms with Gasteiger partial charge in [0, 0.05) is 22.6 Å². The van der Waals surface area contributed by atoms with E-state index in [1.54, 1.807) is 12.1 Å². The molecule has 1 heterocycles. The first kappa shape index (κ1) is 15.2. The zero-order valence-corrected chi connectivity index (χ0v) is 12.9. The molecular formula is C14H13BrFNO2S. The second-order valence-corrected chi connectivity index (χ2v) is 6.02. The van der Waals surface area contributed by atoms with E-state index in [4.69, 9.17) is 5.11 Å². The van der Waals surface area contributed by atoms with Gasteiger partial charge in [-0.1, -0.05) is 15.9 Å². The number of carboxylic acids is 1. The fourth-order valence-electron chi connectivity index (χ4n) is 1.87. The molecule has 1 aromatic heterocycles. The molecular weight excluding hydrogens is 345 g/mol. The van der Waals surface area contributed by atoms with Crippen molar-refractivity contribution in [3.63, 3.8) is 0 Å². The van der Waals surface area contributed by atoms with Crippen molar-refractivity contribution < 1.29 is 14.3 Å². The second kappa shape index (κ2) is 6.97. The lowest BCUT2D eigenvalue weighted by Gasteiger charge is -2.16. The van der Waals surface area contributed by atoms with Crippen LogP contribution in [0.5, 0.6) is 0 Å². The smallest absolute Gasteiger partial charge is 0.305 e. The maximum atomic E-state index is 13.6. The summed E-state index contributed by atoms with van der Waals surface area (Å²) in [6, 6.07) is 6.26. The van der Waals surface area contributed by atoms with Gasteiger partial charge in [0.1, 0.15) is 5.82 Å². The summed E-state index contributed by atoms with van der Waals surface area (Å²) in [5.41, 5.74) is 1.41. The molecule has 20 heavy (non-hydrogen) atoms. The molecule has 0 fully saturated rings. The van der Waals surface area contributed by atoms with E-state index in [0.29, 0.717) is 5.56 Å². The first-order valence-electron chi connectivity index (χ1n) is 5.97. The molecule has 0 saturated heterocycles. The number of hydrogen-bond donors (Lipinski definition) is 2. The van der Waals surface area contributed by atoms with Gasteiger partial charge in [-0.25, -0.2) is 4.39 Å². The van der Waals surface area contributed by atoms with E-state index < -0.39 is 5.97 Å². The summed E-state index contributed by atoms with van der Waals surface area (Å²) in [6.07, 6.45) is -0.0354. The third-order valence-electron chi connectivity index (χ3n) is 2.87. The van der Waals surface area contributed by atoms with Gasteiger partial charge in [-0.2, -0.15) is 11.3 Å². The van der Waals surface area contributed by atoms with Crippen LogP contribution in [0.15, 0.2) is 39.5 Å². The van der Waals surface area contributed by atoms with Gasteiger partial charge in [0.15, 0.2) is 0 Å². The van der Waals surface area contributed by atoms with Crippen molar-refractivity contribution in [2.45, 2.75) is 19.0 Å². The van der Waals surface area contributed by atoms with Crippen molar-refractivity contribution in [2.75, 3.05) is 0 Å². The monoisotopic (exact) mass is 357 g/mol. The highest BCUT2D eigenvalue weighted by atomic mass is 79.9. The minimum Gasteiger partial charge on any atom is -0.481 e. The molecule has 1 atom stereocenters. The zero-order valence-electron chi connectivity index (χ0n) is 10.5. The van der Waals surface area contributed by atoms with Gasteiger partial charge in [0.05, 0.1) is 6.42 Å². The molecule has 0 spiro atoms. The number of carbonyl (C=O) groups is 1. The first-order valence-corrected chi connectivity index (χ1v) is 7.71. The number of nitrogens with one attached hydrogen (secondary N) is 1. The molecule has 6 heteroatoms. The van der Waals surface area contributed by atoms with Crippen molar-refractivity contribution in [3.05, 3.63) is 56.4 Å². The Morgan fingerprint density at radius 1 is 1.45 bits per heavy atom. The Morgan fingerprint density at radius 2 is 2.25 bits per heavy atom. The Morgan fingerprint density at radius 3 is 2.90 bits per heavy atom. The summed E-state index contributed by atoms with van der Waals surface area (Å²) >= 11 is 4.80. The molecule has 2 N–H and O–H groups in total. The van der Waals surface area contributed by atoms with Crippen LogP contribution in [0.4, 0.5) is 4.39 Å². The van der Waals surface area contributed by atoms with Gasteiger partial charge in [-0.15, -0.1) is 0 Å². The minimum atomic E-state index is -0.886. The summed E-state index contributed by atoms with van der Waals surface area (Å²) < 4.78 is 14.4. The normalized spacial score (nSPS) is 12.3.